The summed E-state index contributed by atoms with van der Waals surface area (Å²) in [5, 5.41) is 9.90. The zero-order chi connectivity index (χ0) is 10.6. The molecule has 0 atom stereocenters. The van der Waals surface area contributed by atoms with E-state index in [0.717, 1.165) is 12.8 Å². The summed E-state index contributed by atoms with van der Waals surface area (Å²) < 4.78 is 4.29. The molecular formula is C11H21O3. The molecule has 0 aliphatic carbocycles. The highest BCUT2D eigenvalue weighted by atomic mass is 16.6. The van der Waals surface area contributed by atoms with Gasteiger partial charge in [-0.2, -0.15) is 5.11 Å². The van der Waals surface area contributed by atoms with Crippen molar-refractivity contribution < 1.29 is 14.6 Å². The SMILES string of the molecule is CCCCCCCCCC(=O)OC[O]. The summed E-state index contributed by atoms with van der Waals surface area (Å²) in [5.41, 5.74) is 0. The first-order valence-electron chi connectivity index (χ1n) is 5.55. The Labute approximate surface area is 86.5 Å². The fraction of sp³-hybridized carbons (Fsp3) is 0.909. The Morgan fingerprint density at radius 2 is 1.57 bits per heavy atom. The molecule has 0 aliphatic heterocycles. The van der Waals surface area contributed by atoms with Gasteiger partial charge in [0.15, 0.2) is 0 Å². The lowest BCUT2D eigenvalue weighted by Crippen LogP contribution is -2.03. The third-order valence-electron chi connectivity index (χ3n) is 2.20. The minimum Gasteiger partial charge on any atom is -0.436 e. The van der Waals surface area contributed by atoms with Gasteiger partial charge in [0, 0.05) is 6.42 Å². The van der Waals surface area contributed by atoms with Gasteiger partial charge >= 0.3 is 5.97 Å². The van der Waals surface area contributed by atoms with Crippen LogP contribution >= 0.6 is 0 Å². The van der Waals surface area contributed by atoms with E-state index in [4.69, 9.17) is 0 Å². The Morgan fingerprint density at radius 3 is 2.14 bits per heavy atom. The van der Waals surface area contributed by atoms with Gasteiger partial charge in [-0.15, -0.1) is 0 Å². The maximum atomic E-state index is 10.8. The lowest BCUT2D eigenvalue weighted by molar-refractivity contribution is -0.156. The van der Waals surface area contributed by atoms with E-state index < -0.39 is 6.79 Å². The molecule has 14 heavy (non-hydrogen) atoms. The monoisotopic (exact) mass is 201 g/mol. The molecule has 0 amide bonds. The summed E-state index contributed by atoms with van der Waals surface area (Å²) in [6.45, 7) is 1.45. The predicted molar refractivity (Wildman–Crippen MR) is 54.3 cm³/mol. The summed E-state index contributed by atoms with van der Waals surface area (Å²) in [5.74, 6) is -0.353. The highest BCUT2D eigenvalue weighted by Gasteiger charge is 2.00. The molecule has 0 aliphatic rings. The maximum absolute atomic E-state index is 10.8. The van der Waals surface area contributed by atoms with Crippen LogP contribution in [0.4, 0.5) is 0 Å². The molecule has 0 aromatic carbocycles. The summed E-state index contributed by atoms with van der Waals surface area (Å²) in [7, 11) is 0. The van der Waals surface area contributed by atoms with Gasteiger partial charge in [0.1, 0.15) is 0 Å². The summed E-state index contributed by atoms with van der Waals surface area (Å²) in [6, 6.07) is 0. The Bertz CT molecular complexity index is 134. The van der Waals surface area contributed by atoms with E-state index in [0.29, 0.717) is 6.42 Å². The second-order valence-electron chi connectivity index (χ2n) is 3.51. The van der Waals surface area contributed by atoms with Crippen LogP contribution in [-0.4, -0.2) is 12.8 Å². The topological polar surface area (TPSA) is 46.2 Å². The lowest BCUT2D eigenvalue weighted by Gasteiger charge is -2.00. The van der Waals surface area contributed by atoms with Crippen LogP contribution < -0.4 is 0 Å². The molecule has 0 bridgehead atoms. The molecule has 0 aromatic heterocycles. The number of esters is 1. The first-order valence-corrected chi connectivity index (χ1v) is 5.55. The van der Waals surface area contributed by atoms with E-state index in [1.54, 1.807) is 0 Å². The van der Waals surface area contributed by atoms with Crippen molar-refractivity contribution in [3.05, 3.63) is 0 Å². The van der Waals surface area contributed by atoms with E-state index >= 15 is 0 Å². The van der Waals surface area contributed by atoms with Crippen molar-refractivity contribution in [3.8, 4) is 0 Å². The first kappa shape index (κ1) is 13.4. The molecule has 83 valence electrons. The number of hydrogen-bond donors (Lipinski definition) is 0. The van der Waals surface area contributed by atoms with Crippen molar-refractivity contribution in [2.75, 3.05) is 6.79 Å². The Morgan fingerprint density at radius 1 is 1.00 bits per heavy atom. The zero-order valence-corrected chi connectivity index (χ0v) is 9.09. The van der Waals surface area contributed by atoms with Crippen molar-refractivity contribution in [2.45, 2.75) is 58.3 Å². The zero-order valence-electron chi connectivity index (χ0n) is 9.09. The van der Waals surface area contributed by atoms with Crippen molar-refractivity contribution in [3.63, 3.8) is 0 Å². The van der Waals surface area contributed by atoms with E-state index in [9.17, 15) is 9.90 Å². The largest absolute Gasteiger partial charge is 0.436 e. The summed E-state index contributed by atoms with van der Waals surface area (Å²) in [6.07, 6.45) is 8.61. The van der Waals surface area contributed by atoms with Gasteiger partial charge < -0.3 is 4.74 Å². The molecule has 0 N–H and O–H groups in total. The molecule has 0 spiro atoms. The minimum atomic E-state index is -0.741. The average Bonchev–Trinajstić information content (AvgIpc) is 2.17. The van der Waals surface area contributed by atoms with Gasteiger partial charge in [-0.25, -0.2) is 0 Å². The van der Waals surface area contributed by atoms with Gasteiger partial charge in [0.2, 0.25) is 6.79 Å². The summed E-state index contributed by atoms with van der Waals surface area (Å²) in [4.78, 5) is 10.8. The Kier molecular flexibility index (Phi) is 10.1. The second kappa shape index (κ2) is 10.5. The molecule has 3 heteroatoms. The Hall–Kier alpha value is -0.570. The van der Waals surface area contributed by atoms with Gasteiger partial charge in [0.05, 0.1) is 0 Å². The predicted octanol–water partition coefficient (Wildman–Crippen LogP) is 3.06. The number of ether oxygens (including phenoxy) is 1. The first-order chi connectivity index (χ1) is 6.81. The van der Waals surface area contributed by atoms with Crippen LogP contribution in [0.3, 0.4) is 0 Å². The van der Waals surface area contributed by atoms with Gasteiger partial charge in [-0.05, 0) is 6.42 Å². The van der Waals surface area contributed by atoms with E-state index in [2.05, 4.69) is 11.7 Å². The number of rotatable bonds is 9. The van der Waals surface area contributed by atoms with Gasteiger partial charge in [0.25, 0.3) is 0 Å². The fourth-order valence-electron chi connectivity index (χ4n) is 1.36. The van der Waals surface area contributed by atoms with Crippen LogP contribution in [0.25, 0.3) is 0 Å². The molecule has 0 aromatic rings. The van der Waals surface area contributed by atoms with E-state index in [1.807, 2.05) is 0 Å². The smallest absolute Gasteiger partial charge is 0.307 e. The molecule has 0 fully saturated rings. The number of unbranched alkanes of at least 4 members (excludes halogenated alkanes) is 6. The normalized spacial score (nSPS) is 10.1. The summed E-state index contributed by atoms with van der Waals surface area (Å²) >= 11 is 0. The van der Waals surface area contributed by atoms with E-state index in [1.165, 1.54) is 32.1 Å². The second-order valence-corrected chi connectivity index (χ2v) is 3.51. The third-order valence-corrected chi connectivity index (χ3v) is 2.20. The standard InChI is InChI=1S/C11H21O3/c1-2-3-4-5-6-7-8-9-11(13)14-10-12/h2-10H2,1H3. The van der Waals surface area contributed by atoms with Crippen LogP contribution in [-0.2, 0) is 14.6 Å². The van der Waals surface area contributed by atoms with Crippen molar-refractivity contribution in [1.29, 1.82) is 0 Å². The minimum absolute atomic E-state index is 0.353. The van der Waals surface area contributed by atoms with Crippen LogP contribution in [0, 0.1) is 0 Å². The van der Waals surface area contributed by atoms with Crippen LogP contribution in [0.2, 0.25) is 0 Å². The van der Waals surface area contributed by atoms with Gasteiger partial charge in [-0.1, -0.05) is 45.4 Å². The maximum Gasteiger partial charge on any atom is 0.307 e. The molecular weight excluding hydrogens is 180 g/mol. The molecule has 0 rings (SSSR count). The van der Waals surface area contributed by atoms with E-state index in [-0.39, 0.29) is 5.97 Å². The highest BCUT2D eigenvalue weighted by molar-refractivity contribution is 5.69. The molecule has 1 radical (unpaired) electrons. The number of hydrogen-bond acceptors (Lipinski definition) is 2. The molecule has 0 saturated carbocycles. The average molecular weight is 201 g/mol. The highest BCUT2D eigenvalue weighted by Crippen LogP contribution is 2.08. The number of carbonyl (C=O) groups excluding carboxylic acids is 1. The van der Waals surface area contributed by atoms with Crippen molar-refractivity contribution in [1.82, 2.24) is 0 Å². The third kappa shape index (κ3) is 9.52. The van der Waals surface area contributed by atoms with Crippen LogP contribution in [0.5, 0.6) is 0 Å². The Balaban J connectivity index is 3.01. The van der Waals surface area contributed by atoms with Crippen molar-refractivity contribution >= 4 is 5.97 Å². The van der Waals surface area contributed by atoms with Crippen LogP contribution in [0.1, 0.15) is 58.3 Å². The van der Waals surface area contributed by atoms with Crippen LogP contribution in [0.15, 0.2) is 0 Å². The molecule has 3 nitrogen and oxygen atoms in total. The molecule has 0 saturated heterocycles. The lowest BCUT2D eigenvalue weighted by atomic mass is 10.1. The number of carbonyl (C=O) groups is 1. The fourth-order valence-corrected chi connectivity index (χ4v) is 1.36. The molecule has 0 heterocycles. The van der Waals surface area contributed by atoms with Crippen molar-refractivity contribution in [2.24, 2.45) is 0 Å². The molecule has 0 unspecified atom stereocenters. The quantitative estimate of drug-likeness (QED) is 0.327. The van der Waals surface area contributed by atoms with Gasteiger partial charge in [-0.3, -0.25) is 4.79 Å².